The standard InChI is InChI=1S/C32H36N4O2/c1-22-12-6-7-15-25(22)30(37)36-32(2,20-24-21-34-27-17-9-8-16-26(24)27)31(38)35-29(23-13-4-3-5-14-23)28-18-10-11-19-33-28/h6-12,15-19,21,23,29,34H,3-5,13-14,20H2,1-2H3,(H,35,38)(H,36,37)/t29?,32-/m0/s1. The lowest BCUT2D eigenvalue weighted by molar-refractivity contribution is -0.128. The van der Waals surface area contributed by atoms with Gasteiger partial charge < -0.3 is 15.6 Å². The van der Waals surface area contributed by atoms with Crippen LogP contribution in [0.25, 0.3) is 10.9 Å². The summed E-state index contributed by atoms with van der Waals surface area (Å²) in [6.07, 6.45) is 9.70. The van der Waals surface area contributed by atoms with E-state index in [-0.39, 0.29) is 17.9 Å². The summed E-state index contributed by atoms with van der Waals surface area (Å²) in [7, 11) is 0. The summed E-state index contributed by atoms with van der Waals surface area (Å²) in [5.41, 5.74) is 3.10. The van der Waals surface area contributed by atoms with Gasteiger partial charge in [0, 0.05) is 35.3 Å². The molecule has 6 nitrogen and oxygen atoms in total. The van der Waals surface area contributed by atoms with E-state index in [1.165, 1.54) is 6.42 Å². The van der Waals surface area contributed by atoms with Crippen LogP contribution in [0.2, 0.25) is 0 Å². The number of nitrogens with zero attached hydrogens (tertiary/aromatic N) is 1. The zero-order chi connectivity index (χ0) is 26.5. The molecule has 1 saturated carbocycles. The highest BCUT2D eigenvalue weighted by molar-refractivity contribution is 6.00. The molecule has 196 valence electrons. The number of nitrogens with one attached hydrogen (secondary N) is 3. The van der Waals surface area contributed by atoms with Gasteiger partial charge in [-0.2, -0.15) is 0 Å². The van der Waals surface area contributed by atoms with Crippen molar-refractivity contribution in [2.75, 3.05) is 0 Å². The average Bonchev–Trinajstić information content (AvgIpc) is 3.35. The maximum Gasteiger partial charge on any atom is 0.252 e. The van der Waals surface area contributed by atoms with Crippen LogP contribution in [-0.4, -0.2) is 27.3 Å². The summed E-state index contributed by atoms with van der Waals surface area (Å²) >= 11 is 0. The smallest absolute Gasteiger partial charge is 0.252 e. The maximum absolute atomic E-state index is 14.2. The number of carbonyl (C=O) groups excluding carboxylic acids is 2. The number of carbonyl (C=O) groups is 2. The summed E-state index contributed by atoms with van der Waals surface area (Å²) in [6.45, 7) is 3.74. The molecule has 3 N–H and O–H groups in total. The molecule has 0 spiro atoms. The normalized spacial score (nSPS) is 16.5. The molecular formula is C32H36N4O2. The molecule has 2 aromatic heterocycles. The van der Waals surface area contributed by atoms with Gasteiger partial charge in [-0.15, -0.1) is 0 Å². The van der Waals surface area contributed by atoms with Crippen LogP contribution in [-0.2, 0) is 11.2 Å². The van der Waals surface area contributed by atoms with Gasteiger partial charge in [-0.05, 0) is 68.0 Å². The Morgan fingerprint density at radius 2 is 1.74 bits per heavy atom. The first-order valence-corrected chi connectivity index (χ1v) is 13.6. The topological polar surface area (TPSA) is 86.9 Å². The lowest BCUT2D eigenvalue weighted by atomic mass is 9.81. The summed E-state index contributed by atoms with van der Waals surface area (Å²) in [4.78, 5) is 35.7. The van der Waals surface area contributed by atoms with Crippen molar-refractivity contribution in [3.05, 3.63) is 102 Å². The summed E-state index contributed by atoms with van der Waals surface area (Å²) in [5.74, 6) is -0.148. The number of pyridine rings is 1. The van der Waals surface area contributed by atoms with Crippen molar-refractivity contribution in [2.45, 2.75) is 64.0 Å². The highest BCUT2D eigenvalue weighted by Crippen LogP contribution is 2.34. The fourth-order valence-corrected chi connectivity index (χ4v) is 5.75. The number of amides is 2. The minimum Gasteiger partial charge on any atom is -0.361 e. The molecule has 0 aliphatic heterocycles. The Balaban J connectivity index is 1.49. The maximum atomic E-state index is 14.2. The molecule has 2 heterocycles. The first-order chi connectivity index (χ1) is 18.4. The largest absolute Gasteiger partial charge is 0.361 e. The SMILES string of the molecule is Cc1ccccc1C(=O)N[C@@](C)(Cc1c[nH]c2ccccc12)C(=O)NC(c1ccccn1)C1CCCCC1. The molecule has 1 aliphatic carbocycles. The van der Waals surface area contributed by atoms with Crippen molar-refractivity contribution in [1.82, 2.24) is 20.6 Å². The molecule has 38 heavy (non-hydrogen) atoms. The van der Waals surface area contributed by atoms with Gasteiger partial charge in [-0.3, -0.25) is 14.6 Å². The zero-order valence-electron chi connectivity index (χ0n) is 22.2. The number of aromatic amines is 1. The van der Waals surface area contributed by atoms with E-state index in [1.807, 2.05) is 80.7 Å². The number of H-pyrrole nitrogens is 1. The van der Waals surface area contributed by atoms with E-state index in [2.05, 4.69) is 20.6 Å². The number of rotatable bonds is 8. The minimum atomic E-state index is -1.19. The van der Waals surface area contributed by atoms with Crippen molar-refractivity contribution in [2.24, 2.45) is 5.92 Å². The van der Waals surface area contributed by atoms with E-state index >= 15 is 0 Å². The van der Waals surface area contributed by atoms with E-state index < -0.39 is 5.54 Å². The molecule has 2 aromatic carbocycles. The third-order valence-electron chi connectivity index (χ3n) is 7.91. The Bertz CT molecular complexity index is 1410. The summed E-state index contributed by atoms with van der Waals surface area (Å²) in [6, 6.07) is 21.1. The van der Waals surface area contributed by atoms with Crippen LogP contribution < -0.4 is 10.6 Å². The van der Waals surface area contributed by atoms with E-state index in [4.69, 9.17) is 0 Å². The first-order valence-electron chi connectivity index (χ1n) is 13.6. The van der Waals surface area contributed by atoms with Gasteiger partial charge in [0.15, 0.2) is 0 Å². The van der Waals surface area contributed by atoms with Gasteiger partial charge in [-0.1, -0.05) is 61.7 Å². The minimum absolute atomic E-state index is 0.203. The van der Waals surface area contributed by atoms with Crippen LogP contribution in [0.5, 0.6) is 0 Å². The molecule has 2 amide bonds. The Labute approximate surface area is 224 Å². The van der Waals surface area contributed by atoms with Crippen LogP contribution in [0.4, 0.5) is 0 Å². The highest BCUT2D eigenvalue weighted by Gasteiger charge is 2.39. The molecule has 2 atom stereocenters. The average molecular weight is 509 g/mol. The first kappa shape index (κ1) is 25.7. The quantitative estimate of drug-likeness (QED) is 0.271. The van der Waals surface area contributed by atoms with E-state index in [1.54, 1.807) is 12.3 Å². The Morgan fingerprint density at radius 3 is 2.50 bits per heavy atom. The number of benzene rings is 2. The third kappa shape index (κ3) is 5.49. The second kappa shape index (κ2) is 11.2. The molecule has 1 aliphatic rings. The van der Waals surface area contributed by atoms with Crippen LogP contribution in [0.3, 0.4) is 0 Å². The van der Waals surface area contributed by atoms with Gasteiger partial charge in [0.25, 0.3) is 5.91 Å². The van der Waals surface area contributed by atoms with Crippen molar-refractivity contribution >= 4 is 22.7 Å². The molecular weight excluding hydrogens is 472 g/mol. The number of aryl methyl sites for hydroxylation is 1. The van der Waals surface area contributed by atoms with Crippen molar-refractivity contribution in [3.8, 4) is 0 Å². The fourth-order valence-electron chi connectivity index (χ4n) is 5.75. The summed E-state index contributed by atoms with van der Waals surface area (Å²) < 4.78 is 0. The number of hydrogen-bond acceptors (Lipinski definition) is 3. The number of hydrogen-bond donors (Lipinski definition) is 3. The predicted molar refractivity (Wildman–Crippen MR) is 151 cm³/mol. The molecule has 1 unspecified atom stereocenters. The highest BCUT2D eigenvalue weighted by atomic mass is 16.2. The molecule has 4 aromatic rings. The molecule has 5 rings (SSSR count). The van der Waals surface area contributed by atoms with Crippen molar-refractivity contribution in [1.29, 1.82) is 0 Å². The van der Waals surface area contributed by atoms with E-state index in [0.717, 1.165) is 53.4 Å². The second-order valence-electron chi connectivity index (χ2n) is 10.7. The lowest BCUT2D eigenvalue weighted by Crippen LogP contribution is -2.59. The van der Waals surface area contributed by atoms with Gasteiger partial charge in [0.05, 0.1) is 11.7 Å². The molecule has 0 bridgehead atoms. The Morgan fingerprint density at radius 1 is 1.00 bits per heavy atom. The van der Waals surface area contributed by atoms with Crippen LogP contribution in [0, 0.1) is 12.8 Å². The van der Waals surface area contributed by atoms with Crippen LogP contribution in [0.1, 0.15) is 72.2 Å². The van der Waals surface area contributed by atoms with Gasteiger partial charge in [0.1, 0.15) is 5.54 Å². The lowest BCUT2D eigenvalue weighted by Gasteiger charge is -2.35. The van der Waals surface area contributed by atoms with E-state index in [0.29, 0.717) is 17.9 Å². The monoisotopic (exact) mass is 508 g/mol. The number of fused-ring (bicyclic) bond motifs is 1. The predicted octanol–water partition coefficient (Wildman–Crippen LogP) is 6.04. The summed E-state index contributed by atoms with van der Waals surface area (Å²) in [5, 5.41) is 7.52. The van der Waals surface area contributed by atoms with Crippen molar-refractivity contribution < 1.29 is 9.59 Å². The van der Waals surface area contributed by atoms with E-state index in [9.17, 15) is 9.59 Å². The van der Waals surface area contributed by atoms with Gasteiger partial charge in [0.2, 0.25) is 5.91 Å². The third-order valence-corrected chi connectivity index (χ3v) is 7.91. The Kier molecular flexibility index (Phi) is 7.59. The van der Waals surface area contributed by atoms with Crippen LogP contribution in [0.15, 0.2) is 79.1 Å². The molecule has 1 fully saturated rings. The Hall–Kier alpha value is -3.93. The van der Waals surface area contributed by atoms with Crippen molar-refractivity contribution in [3.63, 3.8) is 0 Å². The van der Waals surface area contributed by atoms with Gasteiger partial charge in [-0.25, -0.2) is 0 Å². The molecule has 6 heteroatoms. The molecule has 0 radical (unpaired) electrons. The molecule has 0 saturated heterocycles. The fraction of sp³-hybridized carbons (Fsp3) is 0.344. The zero-order valence-corrected chi connectivity index (χ0v) is 22.2. The van der Waals surface area contributed by atoms with Gasteiger partial charge >= 0.3 is 0 Å². The number of aromatic nitrogens is 2. The van der Waals surface area contributed by atoms with Crippen LogP contribution >= 0.6 is 0 Å². The second-order valence-corrected chi connectivity index (χ2v) is 10.7. The number of para-hydroxylation sites is 1.